The maximum atomic E-state index is 14.4. The standard InChI is InChI=1S/C20H12ClF4N3O3/c1-30-14-4-2-11(3-5-14)9-28-10-27-18(20(23,24)25)17(19(28)29)31-15-7-13(21)6-12(8-26)16(15)22/h2-7,10H,9H2,1H3. The summed E-state index contributed by atoms with van der Waals surface area (Å²) in [6.07, 6.45) is -4.34. The van der Waals surface area contributed by atoms with Crippen LogP contribution < -0.4 is 15.0 Å². The monoisotopic (exact) mass is 453 g/mol. The maximum absolute atomic E-state index is 14.4. The number of ether oxygens (including phenoxy) is 2. The third-order valence-electron chi connectivity index (χ3n) is 4.11. The molecule has 3 rings (SSSR count). The lowest BCUT2D eigenvalue weighted by atomic mass is 10.2. The minimum absolute atomic E-state index is 0.133. The summed E-state index contributed by atoms with van der Waals surface area (Å²) in [7, 11) is 1.47. The van der Waals surface area contributed by atoms with Crippen LogP contribution in [-0.2, 0) is 12.7 Å². The van der Waals surface area contributed by atoms with Gasteiger partial charge in [-0.25, -0.2) is 9.37 Å². The second-order valence-electron chi connectivity index (χ2n) is 6.18. The van der Waals surface area contributed by atoms with E-state index in [1.807, 2.05) is 0 Å². The van der Waals surface area contributed by atoms with Gasteiger partial charge >= 0.3 is 6.18 Å². The summed E-state index contributed by atoms with van der Waals surface area (Å²) in [5, 5.41) is 8.78. The minimum Gasteiger partial charge on any atom is -0.497 e. The Labute approximate surface area is 177 Å². The van der Waals surface area contributed by atoms with E-state index in [0.29, 0.717) is 11.3 Å². The summed E-state index contributed by atoms with van der Waals surface area (Å²) in [6.45, 7) is -0.133. The molecule has 0 aliphatic heterocycles. The first kappa shape index (κ1) is 22.1. The quantitative estimate of drug-likeness (QED) is 0.520. The Kier molecular flexibility index (Phi) is 6.17. The van der Waals surface area contributed by atoms with Crippen molar-refractivity contribution < 1.29 is 27.0 Å². The van der Waals surface area contributed by atoms with E-state index in [1.54, 1.807) is 24.3 Å². The molecule has 1 aromatic heterocycles. The Morgan fingerprint density at radius 2 is 1.90 bits per heavy atom. The molecule has 160 valence electrons. The molecule has 0 aliphatic carbocycles. The zero-order valence-electron chi connectivity index (χ0n) is 15.7. The molecule has 0 spiro atoms. The second-order valence-corrected chi connectivity index (χ2v) is 6.62. The molecule has 0 bridgehead atoms. The van der Waals surface area contributed by atoms with Gasteiger partial charge in [0.05, 0.1) is 25.5 Å². The van der Waals surface area contributed by atoms with Crippen molar-refractivity contribution in [3.8, 4) is 23.3 Å². The predicted octanol–water partition coefficient (Wildman–Crippen LogP) is 4.78. The molecular weight excluding hydrogens is 442 g/mol. The van der Waals surface area contributed by atoms with Gasteiger partial charge in [-0.2, -0.15) is 18.4 Å². The largest absolute Gasteiger partial charge is 0.497 e. The summed E-state index contributed by atoms with van der Waals surface area (Å²) in [5.41, 5.74) is -2.83. The molecule has 0 N–H and O–H groups in total. The molecule has 0 saturated carbocycles. The number of hydrogen-bond donors (Lipinski definition) is 0. The van der Waals surface area contributed by atoms with Crippen LogP contribution in [0, 0.1) is 17.1 Å². The number of methoxy groups -OCH3 is 1. The van der Waals surface area contributed by atoms with Crippen LogP contribution in [0.4, 0.5) is 17.6 Å². The number of nitriles is 1. The van der Waals surface area contributed by atoms with Gasteiger partial charge in [0.15, 0.2) is 17.3 Å². The number of halogens is 5. The van der Waals surface area contributed by atoms with Crippen LogP contribution in [0.25, 0.3) is 0 Å². The van der Waals surface area contributed by atoms with Gasteiger partial charge in [0.25, 0.3) is 5.56 Å². The minimum atomic E-state index is -5.05. The third-order valence-corrected chi connectivity index (χ3v) is 4.33. The molecule has 1 heterocycles. The zero-order valence-corrected chi connectivity index (χ0v) is 16.5. The van der Waals surface area contributed by atoms with E-state index in [0.717, 1.165) is 23.0 Å². The van der Waals surface area contributed by atoms with Crippen LogP contribution in [0.15, 0.2) is 47.5 Å². The van der Waals surface area contributed by atoms with Crippen molar-refractivity contribution in [2.75, 3.05) is 7.11 Å². The first-order valence-corrected chi connectivity index (χ1v) is 8.88. The zero-order chi connectivity index (χ0) is 22.8. The lowest BCUT2D eigenvalue weighted by Crippen LogP contribution is -2.26. The van der Waals surface area contributed by atoms with Crippen LogP contribution in [-0.4, -0.2) is 16.7 Å². The van der Waals surface area contributed by atoms with Gasteiger partial charge in [0.1, 0.15) is 11.8 Å². The summed E-state index contributed by atoms with van der Waals surface area (Å²) in [6, 6.07) is 9.78. The molecule has 0 unspecified atom stereocenters. The first-order valence-electron chi connectivity index (χ1n) is 8.50. The SMILES string of the molecule is COc1ccc(Cn2cnc(C(F)(F)F)c(Oc3cc(Cl)cc(C#N)c3F)c2=O)cc1. The normalized spacial score (nSPS) is 11.1. The summed E-state index contributed by atoms with van der Waals surface area (Å²) in [4.78, 5) is 16.1. The molecule has 3 aromatic rings. The van der Waals surface area contributed by atoms with Gasteiger partial charge in [-0.1, -0.05) is 23.7 Å². The number of rotatable bonds is 5. The van der Waals surface area contributed by atoms with Crippen molar-refractivity contribution in [3.63, 3.8) is 0 Å². The molecule has 31 heavy (non-hydrogen) atoms. The lowest BCUT2D eigenvalue weighted by molar-refractivity contribution is -0.142. The highest BCUT2D eigenvalue weighted by atomic mass is 35.5. The van der Waals surface area contributed by atoms with Gasteiger partial charge in [-0.3, -0.25) is 9.36 Å². The van der Waals surface area contributed by atoms with E-state index < -0.39 is 40.3 Å². The highest BCUT2D eigenvalue weighted by Gasteiger charge is 2.39. The van der Waals surface area contributed by atoms with Gasteiger partial charge in [-0.05, 0) is 23.8 Å². The smallest absolute Gasteiger partial charge is 0.437 e. The van der Waals surface area contributed by atoms with E-state index >= 15 is 0 Å². The number of hydrogen-bond acceptors (Lipinski definition) is 5. The van der Waals surface area contributed by atoms with Crippen molar-refractivity contribution in [1.29, 1.82) is 5.26 Å². The Morgan fingerprint density at radius 1 is 1.23 bits per heavy atom. The van der Waals surface area contributed by atoms with Gasteiger partial charge in [-0.15, -0.1) is 0 Å². The third kappa shape index (κ3) is 4.78. The highest BCUT2D eigenvalue weighted by molar-refractivity contribution is 6.30. The molecule has 0 atom stereocenters. The van der Waals surface area contributed by atoms with E-state index in [-0.39, 0.29) is 11.6 Å². The lowest BCUT2D eigenvalue weighted by Gasteiger charge is -2.15. The molecule has 0 aliphatic rings. The van der Waals surface area contributed by atoms with E-state index in [1.165, 1.54) is 13.2 Å². The fraction of sp³-hybridized carbons (Fsp3) is 0.150. The van der Waals surface area contributed by atoms with E-state index in [4.69, 9.17) is 26.3 Å². The Hall–Kier alpha value is -3.58. The average Bonchev–Trinajstić information content (AvgIpc) is 2.72. The Balaban J connectivity index is 2.09. The fourth-order valence-corrected chi connectivity index (χ4v) is 2.84. The Morgan fingerprint density at radius 3 is 2.48 bits per heavy atom. The van der Waals surface area contributed by atoms with Gasteiger partial charge in [0, 0.05) is 11.1 Å². The Bertz CT molecular complexity index is 1220. The molecule has 11 heteroatoms. The number of nitrogens with zero attached hydrogens (tertiary/aromatic N) is 3. The number of alkyl halides is 3. The van der Waals surface area contributed by atoms with Crippen molar-refractivity contribution >= 4 is 11.6 Å². The predicted molar refractivity (Wildman–Crippen MR) is 102 cm³/mol. The van der Waals surface area contributed by atoms with E-state index in [2.05, 4.69) is 4.98 Å². The summed E-state index contributed by atoms with van der Waals surface area (Å²) < 4.78 is 65.5. The van der Waals surface area contributed by atoms with Crippen molar-refractivity contribution in [3.05, 3.63) is 80.7 Å². The van der Waals surface area contributed by atoms with Crippen LogP contribution in [0.3, 0.4) is 0 Å². The van der Waals surface area contributed by atoms with Crippen molar-refractivity contribution in [2.45, 2.75) is 12.7 Å². The number of benzene rings is 2. The van der Waals surface area contributed by atoms with Gasteiger partial charge < -0.3 is 9.47 Å². The molecule has 2 aromatic carbocycles. The summed E-state index contributed by atoms with van der Waals surface area (Å²) in [5.74, 6) is -2.76. The summed E-state index contributed by atoms with van der Waals surface area (Å²) >= 11 is 5.77. The van der Waals surface area contributed by atoms with Crippen LogP contribution in [0.2, 0.25) is 5.02 Å². The van der Waals surface area contributed by atoms with Gasteiger partial charge in [0.2, 0.25) is 5.75 Å². The molecule has 0 amide bonds. The van der Waals surface area contributed by atoms with Crippen molar-refractivity contribution in [2.24, 2.45) is 0 Å². The molecule has 6 nitrogen and oxygen atoms in total. The highest BCUT2D eigenvalue weighted by Crippen LogP contribution is 2.36. The average molecular weight is 454 g/mol. The fourth-order valence-electron chi connectivity index (χ4n) is 2.63. The molecule has 0 saturated heterocycles. The van der Waals surface area contributed by atoms with Crippen LogP contribution >= 0.6 is 11.6 Å². The molecule has 0 fully saturated rings. The van der Waals surface area contributed by atoms with Crippen molar-refractivity contribution in [1.82, 2.24) is 9.55 Å². The first-order chi connectivity index (χ1) is 14.6. The van der Waals surface area contributed by atoms with Crippen LogP contribution in [0.5, 0.6) is 17.2 Å². The second kappa shape index (κ2) is 8.65. The van der Waals surface area contributed by atoms with Crippen LogP contribution in [0.1, 0.15) is 16.8 Å². The molecular formula is C20H12ClF4N3O3. The number of aromatic nitrogens is 2. The topological polar surface area (TPSA) is 77.1 Å². The van der Waals surface area contributed by atoms with E-state index in [9.17, 15) is 22.4 Å². The maximum Gasteiger partial charge on any atom is 0.437 e. The molecule has 0 radical (unpaired) electrons.